The molecule has 2 aliphatic heterocycles. The molecule has 0 spiro atoms. The van der Waals surface area contributed by atoms with Crippen LogP contribution in [0.15, 0.2) is 30.3 Å². The normalized spacial score (nSPS) is 30.8. The Morgan fingerprint density at radius 2 is 1.75 bits per heavy atom. The smallest absolute Gasteiger partial charge is 0.241 e. The summed E-state index contributed by atoms with van der Waals surface area (Å²) in [5, 5.41) is 0. The minimum Gasteiger partial charge on any atom is -0.490 e. The number of para-hydroxylation sites is 1. The first-order valence-corrected chi connectivity index (χ1v) is 9.33. The second kappa shape index (κ2) is 7.11. The lowest BCUT2D eigenvalue weighted by Gasteiger charge is -2.35. The minimum absolute atomic E-state index is 0.0399. The van der Waals surface area contributed by atoms with Gasteiger partial charge >= 0.3 is 0 Å². The Bertz CT molecular complexity index is 557. The third-order valence-corrected chi connectivity index (χ3v) is 5.74. The number of nitrogens with one attached hydrogen (secondary N) is 2. The Labute approximate surface area is 143 Å². The van der Waals surface area contributed by atoms with Gasteiger partial charge in [0.25, 0.3) is 0 Å². The van der Waals surface area contributed by atoms with Gasteiger partial charge in [0.15, 0.2) is 0 Å². The van der Waals surface area contributed by atoms with Crippen LogP contribution in [0.3, 0.4) is 0 Å². The van der Waals surface area contributed by atoms with E-state index in [0.29, 0.717) is 12.0 Å². The fourth-order valence-electron chi connectivity index (χ4n) is 4.37. The van der Waals surface area contributed by atoms with Crippen LogP contribution in [0.2, 0.25) is 0 Å². The number of carbonyl (C=O) groups excluding carboxylic acids is 1. The quantitative estimate of drug-likeness (QED) is 0.892. The second-order valence-corrected chi connectivity index (χ2v) is 7.28. The zero-order valence-corrected chi connectivity index (χ0v) is 14.1. The van der Waals surface area contributed by atoms with E-state index < -0.39 is 0 Å². The minimum atomic E-state index is -0.0399. The highest BCUT2D eigenvalue weighted by Gasteiger charge is 2.43. The number of carbonyl (C=O) groups is 1. The van der Waals surface area contributed by atoms with Crippen molar-refractivity contribution in [2.75, 3.05) is 13.1 Å². The first kappa shape index (κ1) is 15.9. The van der Waals surface area contributed by atoms with Gasteiger partial charge < -0.3 is 9.64 Å². The van der Waals surface area contributed by atoms with Crippen molar-refractivity contribution in [3.05, 3.63) is 30.3 Å². The summed E-state index contributed by atoms with van der Waals surface area (Å²) in [5.74, 6) is 1.66. The highest BCUT2D eigenvalue weighted by molar-refractivity contribution is 5.82. The highest BCUT2D eigenvalue weighted by Crippen LogP contribution is 2.31. The SMILES string of the molecule is O=C(C1NNC2CCCCC21)N1CCC(Oc2ccccc2)CC1. The molecule has 3 atom stereocenters. The standard InChI is InChI=1S/C19H27N3O2/c23-19(18-16-8-4-5-9-17(16)20-21-18)22-12-10-15(11-13-22)24-14-6-2-1-3-7-14/h1-3,6-7,15-18,20-21H,4-5,8-13H2. The summed E-state index contributed by atoms with van der Waals surface area (Å²) in [4.78, 5) is 14.9. The average Bonchev–Trinajstić information content (AvgIpc) is 3.07. The molecule has 0 aromatic heterocycles. The molecule has 3 fully saturated rings. The van der Waals surface area contributed by atoms with E-state index in [1.54, 1.807) is 0 Å². The molecule has 3 unspecified atom stereocenters. The maximum absolute atomic E-state index is 12.9. The van der Waals surface area contributed by atoms with Gasteiger partial charge in [0.1, 0.15) is 17.9 Å². The predicted octanol–water partition coefficient (Wildman–Crippen LogP) is 2.09. The van der Waals surface area contributed by atoms with Crippen molar-refractivity contribution < 1.29 is 9.53 Å². The topological polar surface area (TPSA) is 53.6 Å². The van der Waals surface area contributed by atoms with E-state index in [-0.39, 0.29) is 18.1 Å². The molecule has 2 saturated heterocycles. The first-order chi connectivity index (χ1) is 11.8. The summed E-state index contributed by atoms with van der Waals surface area (Å²) in [6, 6.07) is 10.4. The largest absolute Gasteiger partial charge is 0.490 e. The zero-order valence-electron chi connectivity index (χ0n) is 14.1. The lowest BCUT2D eigenvalue weighted by atomic mass is 9.81. The molecular formula is C19H27N3O2. The van der Waals surface area contributed by atoms with Gasteiger partial charge in [-0.2, -0.15) is 0 Å². The van der Waals surface area contributed by atoms with Crippen molar-refractivity contribution in [1.82, 2.24) is 15.8 Å². The number of amides is 1. The van der Waals surface area contributed by atoms with Crippen LogP contribution in [-0.4, -0.2) is 42.1 Å². The van der Waals surface area contributed by atoms with E-state index in [9.17, 15) is 4.79 Å². The fourth-order valence-corrected chi connectivity index (χ4v) is 4.37. The number of hydrogen-bond donors (Lipinski definition) is 2. The molecule has 3 aliphatic rings. The van der Waals surface area contributed by atoms with Gasteiger partial charge in [-0.25, -0.2) is 5.43 Å². The van der Waals surface area contributed by atoms with Crippen molar-refractivity contribution in [2.45, 2.75) is 56.7 Å². The summed E-state index contributed by atoms with van der Waals surface area (Å²) < 4.78 is 6.03. The van der Waals surface area contributed by atoms with Gasteiger partial charge in [0, 0.05) is 37.9 Å². The van der Waals surface area contributed by atoms with Crippen molar-refractivity contribution in [3.63, 3.8) is 0 Å². The number of fused-ring (bicyclic) bond motifs is 1. The van der Waals surface area contributed by atoms with Crippen LogP contribution < -0.4 is 15.6 Å². The maximum Gasteiger partial charge on any atom is 0.241 e. The van der Waals surface area contributed by atoms with Gasteiger partial charge in [0.05, 0.1) is 0 Å². The molecule has 5 heteroatoms. The summed E-state index contributed by atoms with van der Waals surface area (Å²) in [7, 11) is 0. The molecule has 2 heterocycles. The number of rotatable bonds is 3. The number of likely N-dealkylation sites (tertiary alicyclic amines) is 1. The Kier molecular flexibility index (Phi) is 4.72. The molecule has 5 nitrogen and oxygen atoms in total. The Balaban J connectivity index is 1.30. The van der Waals surface area contributed by atoms with Gasteiger partial charge in [0.2, 0.25) is 5.91 Å². The molecule has 130 valence electrons. The molecule has 1 amide bonds. The number of nitrogens with zero attached hydrogens (tertiary/aromatic N) is 1. The molecule has 1 saturated carbocycles. The molecule has 24 heavy (non-hydrogen) atoms. The van der Waals surface area contributed by atoms with Crippen LogP contribution in [0.5, 0.6) is 5.75 Å². The number of piperidine rings is 1. The highest BCUT2D eigenvalue weighted by atomic mass is 16.5. The average molecular weight is 329 g/mol. The van der Waals surface area contributed by atoms with Crippen molar-refractivity contribution >= 4 is 5.91 Å². The van der Waals surface area contributed by atoms with E-state index in [2.05, 4.69) is 10.9 Å². The van der Waals surface area contributed by atoms with Crippen LogP contribution in [0.4, 0.5) is 0 Å². The van der Waals surface area contributed by atoms with E-state index in [0.717, 1.165) is 38.1 Å². The summed E-state index contributed by atoms with van der Waals surface area (Å²) in [6.07, 6.45) is 6.92. The van der Waals surface area contributed by atoms with Crippen LogP contribution in [0.25, 0.3) is 0 Å². The Morgan fingerprint density at radius 1 is 1.00 bits per heavy atom. The van der Waals surface area contributed by atoms with E-state index in [1.165, 1.54) is 19.3 Å². The molecular weight excluding hydrogens is 302 g/mol. The number of hydrazine groups is 1. The van der Waals surface area contributed by atoms with E-state index in [4.69, 9.17) is 4.74 Å². The summed E-state index contributed by atoms with van der Waals surface area (Å²) in [6.45, 7) is 1.60. The molecule has 0 bridgehead atoms. The van der Waals surface area contributed by atoms with Crippen LogP contribution >= 0.6 is 0 Å². The second-order valence-electron chi connectivity index (χ2n) is 7.28. The monoisotopic (exact) mass is 329 g/mol. The third-order valence-electron chi connectivity index (χ3n) is 5.74. The van der Waals surface area contributed by atoms with E-state index in [1.807, 2.05) is 35.2 Å². The number of benzene rings is 1. The van der Waals surface area contributed by atoms with Gasteiger partial charge in [-0.05, 0) is 25.0 Å². The van der Waals surface area contributed by atoms with Crippen molar-refractivity contribution in [3.8, 4) is 5.75 Å². The van der Waals surface area contributed by atoms with Crippen molar-refractivity contribution in [1.29, 1.82) is 0 Å². The lowest BCUT2D eigenvalue weighted by Crippen LogP contribution is -2.51. The maximum atomic E-state index is 12.9. The molecule has 4 rings (SSSR count). The summed E-state index contributed by atoms with van der Waals surface area (Å²) in [5.41, 5.74) is 6.62. The predicted molar refractivity (Wildman–Crippen MR) is 92.5 cm³/mol. The van der Waals surface area contributed by atoms with Gasteiger partial charge in [-0.1, -0.05) is 31.0 Å². The Morgan fingerprint density at radius 3 is 2.54 bits per heavy atom. The van der Waals surface area contributed by atoms with Crippen LogP contribution in [-0.2, 0) is 4.79 Å². The first-order valence-electron chi connectivity index (χ1n) is 9.33. The van der Waals surface area contributed by atoms with E-state index >= 15 is 0 Å². The molecule has 1 aliphatic carbocycles. The molecule has 1 aromatic rings. The zero-order chi connectivity index (χ0) is 16.4. The van der Waals surface area contributed by atoms with Gasteiger partial charge in [-0.15, -0.1) is 0 Å². The third kappa shape index (κ3) is 3.28. The lowest BCUT2D eigenvalue weighted by molar-refractivity contribution is -0.136. The number of ether oxygens (including phenoxy) is 1. The summed E-state index contributed by atoms with van der Waals surface area (Å²) >= 11 is 0. The molecule has 2 N–H and O–H groups in total. The fraction of sp³-hybridized carbons (Fsp3) is 0.632. The Hall–Kier alpha value is -1.59. The van der Waals surface area contributed by atoms with Crippen LogP contribution in [0, 0.1) is 5.92 Å². The van der Waals surface area contributed by atoms with Crippen molar-refractivity contribution in [2.24, 2.45) is 5.92 Å². The number of hydrogen-bond acceptors (Lipinski definition) is 4. The van der Waals surface area contributed by atoms with Gasteiger partial charge in [-0.3, -0.25) is 10.2 Å². The molecule has 0 radical (unpaired) electrons. The van der Waals surface area contributed by atoms with Crippen LogP contribution in [0.1, 0.15) is 38.5 Å². The molecule has 1 aromatic carbocycles.